The first kappa shape index (κ1) is 13.1. The van der Waals surface area contributed by atoms with E-state index in [0.717, 1.165) is 0 Å². The summed E-state index contributed by atoms with van der Waals surface area (Å²) in [5.74, 6) is -0.986. The standard InChI is InChI=1S/C12H10ClN3O3/c1-7-6-10(16-19-7)15-12(18)11(17)14-9-5-3-2-4-8(9)13/h2-6H,1H3,(H,14,17)(H,15,16,18). The first-order valence-electron chi connectivity index (χ1n) is 5.36. The number of carbonyl (C=O) groups is 2. The molecule has 6 nitrogen and oxygen atoms in total. The zero-order chi connectivity index (χ0) is 13.8. The average molecular weight is 280 g/mol. The molecule has 0 aliphatic rings. The summed E-state index contributed by atoms with van der Waals surface area (Å²) in [6.45, 7) is 1.67. The number of nitrogens with one attached hydrogen (secondary N) is 2. The number of nitrogens with zero attached hydrogens (tertiary/aromatic N) is 1. The third-order valence-electron chi connectivity index (χ3n) is 2.20. The van der Waals surface area contributed by atoms with Crippen LogP contribution in [0.1, 0.15) is 5.76 Å². The van der Waals surface area contributed by atoms with E-state index in [1.807, 2.05) is 0 Å². The average Bonchev–Trinajstić information content (AvgIpc) is 2.77. The predicted octanol–water partition coefficient (Wildman–Crippen LogP) is 2.21. The quantitative estimate of drug-likeness (QED) is 0.826. The van der Waals surface area contributed by atoms with Crippen LogP contribution in [0.15, 0.2) is 34.9 Å². The van der Waals surface area contributed by atoms with Crippen molar-refractivity contribution in [3.8, 4) is 0 Å². The van der Waals surface area contributed by atoms with Crippen molar-refractivity contribution in [2.24, 2.45) is 0 Å². The number of aryl methyl sites for hydroxylation is 1. The molecule has 2 rings (SSSR count). The van der Waals surface area contributed by atoms with Crippen LogP contribution < -0.4 is 10.6 Å². The van der Waals surface area contributed by atoms with Gasteiger partial charge in [0.2, 0.25) is 0 Å². The molecule has 1 heterocycles. The summed E-state index contributed by atoms with van der Waals surface area (Å²) < 4.78 is 4.76. The maximum Gasteiger partial charge on any atom is 0.315 e. The van der Waals surface area contributed by atoms with Gasteiger partial charge in [0.15, 0.2) is 5.82 Å². The second kappa shape index (κ2) is 5.53. The Balaban J connectivity index is 2.00. The van der Waals surface area contributed by atoms with Gasteiger partial charge < -0.3 is 9.84 Å². The van der Waals surface area contributed by atoms with Crippen LogP contribution in [0.5, 0.6) is 0 Å². The topological polar surface area (TPSA) is 84.2 Å². The number of hydrogen-bond donors (Lipinski definition) is 2. The number of halogens is 1. The summed E-state index contributed by atoms with van der Waals surface area (Å²) in [4.78, 5) is 23.2. The molecule has 0 atom stereocenters. The molecule has 98 valence electrons. The third kappa shape index (κ3) is 3.32. The first-order valence-corrected chi connectivity index (χ1v) is 5.74. The number of amides is 2. The molecule has 7 heteroatoms. The molecule has 0 aliphatic carbocycles. The van der Waals surface area contributed by atoms with Gasteiger partial charge in [0.25, 0.3) is 0 Å². The molecule has 0 fully saturated rings. The molecule has 0 radical (unpaired) electrons. The number of anilines is 2. The van der Waals surface area contributed by atoms with E-state index in [9.17, 15) is 9.59 Å². The van der Waals surface area contributed by atoms with Gasteiger partial charge in [-0.3, -0.25) is 14.9 Å². The van der Waals surface area contributed by atoms with Gasteiger partial charge >= 0.3 is 11.8 Å². The third-order valence-corrected chi connectivity index (χ3v) is 2.53. The molecule has 2 aromatic rings. The predicted molar refractivity (Wildman–Crippen MR) is 70.0 cm³/mol. The summed E-state index contributed by atoms with van der Waals surface area (Å²) >= 11 is 5.86. The van der Waals surface area contributed by atoms with Crippen molar-refractivity contribution in [3.63, 3.8) is 0 Å². The summed E-state index contributed by atoms with van der Waals surface area (Å²) in [6.07, 6.45) is 0. The Kier molecular flexibility index (Phi) is 3.82. The maximum atomic E-state index is 11.6. The van der Waals surface area contributed by atoms with Crippen molar-refractivity contribution < 1.29 is 14.1 Å². The zero-order valence-corrected chi connectivity index (χ0v) is 10.7. The fourth-order valence-electron chi connectivity index (χ4n) is 1.34. The van der Waals surface area contributed by atoms with Gasteiger partial charge in [-0.05, 0) is 19.1 Å². The molecule has 0 saturated carbocycles. The Bertz CT molecular complexity index is 624. The van der Waals surface area contributed by atoms with E-state index in [1.54, 1.807) is 31.2 Å². The fraction of sp³-hybridized carbons (Fsp3) is 0.0833. The van der Waals surface area contributed by atoms with Gasteiger partial charge in [0.05, 0.1) is 10.7 Å². The largest absolute Gasteiger partial charge is 0.360 e. The smallest absolute Gasteiger partial charge is 0.315 e. The number of benzene rings is 1. The van der Waals surface area contributed by atoms with Gasteiger partial charge in [0, 0.05) is 6.07 Å². The lowest BCUT2D eigenvalue weighted by Gasteiger charge is -2.05. The highest BCUT2D eigenvalue weighted by Gasteiger charge is 2.16. The van der Waals surface area contributed by atoms with Crippen molar-refractivity contribution in [1.82, 2.24) is 5.16 Å². The molecule has 1 aromatic heterocycles. The Hall–Kier alpha value is -2.34. The van der Waals surface area contributed by atoms with Crippen LogP contribution in [0.2, 0.25) is 5.02 Å². The van der Waals surface area contributed by atoms with Crippen LogP contribution in [0.3, 0.4) is 0 Å². The number of hydrogen-bond acceptors (Lipinski definition) is 4. The van der Waals surface area contributed by atoms with Gasteiger partial charge in [-0.25, -0.2) is 0 Å². The highest BCUT2D eigenvalue weighted by Crippen LogP contribution is 2.20. The molecule has 2 N–H and O–H groups in total. The van der Waals surface area contributed by atoms with Crippen molar-refractivity contribution >= 4 is 34.9 Å². The summed E-state index contributed by atoms with van der Waals surface area (Å²) in [7, 11) is 0. The van der Waals surface area contributed by atoms with Crippen molar-refractivity contribution in [3.05, 3.63) is 41.1 Å². The number of carbonyl (C=O) groups excluding carboxylic acids is 2. The maximum absolute atomic E-state index is 11.6. The van der Waals surface area contributed by atoms with Gasteiger partial charge in [-0.2, -0.15) is 0 Å². The number of para-hydroxylation sites is 1. The van der Waals surface area contributed by atoms with Crippen LogP contribution in [0.25, 0.3) is 0 Å². The molecule has 0 bridgehead atoms. The second-order valence-electron chi connectivity index (χ2n) is 3.71. The molecule has 2 amide bonds. The van der Waals surface area contributed by atoms with Crippen molar-refractivity contribution in [1.29, 1.82) is 0 Å². The van der Waals surface area contributed by atoms with E-state index in [-0.39, 0.29) is 5.82 Å². The van der Waals surface area contributed by atoms with Crippen molar-refractivity contribution in [2.75, 3.05) is 10.6 Å². The molecule has 0 unspecified atom stereocenters. The Morgan fingerprint density at radius 1 is 1.21 bits per heavy atom. The highest BCUT2D eigenvalue weighted by atomic mass is 35.5. The van der Waals surface area contributed by atoms with Crippen LogP contribution in [-0.2, 0) is 9.59 Å². The van der Waals surface area contributed by atoms with Gasteiger partial charge in [-0.1, -0.05) is 28.9 Å². The van der Waals surface area contributed by atoms with Crippen LogP contribution in [0, 0.1) is 6.92 Å². The van der Waals surface area contributed by atoms with Gasteiger partial charge in [0.1, 0.15) is 5.76 Å². The minimum atomic E-state index is -0.854. The molecule has 0 aliphatic heterocycles. The summed E-state index contributed by atoms with van der Waals surface area (Å²) in [5, 5.41) is 8.60. The number of aromatic nitrogens is 1. The SMILES string of the molecule is Cc1cc(NC(=O)C(=O)Nc2ccccc2Cl)no1. The highest BCUT2D eigenvalue weighted by molar-refractivity contribution is 6.44. The lowest BCUT2D eigenvalue weighted by atomic mass is 10.3. The number of rotatable bonds is 2. The molecule has 19 heavy (non-hydrogen) atoms. The van der Waals surface area contributed by atoms with Gasteiger partial charge in [-0.15, -0.1) is 0 Å². The summed E-state index contributed by atoms with van der Waals surface area (Å²) in [6, 6.07) is 8.11. The fourth-order valence-corrected chi connectivity index (χ4v) is 1.52. The Labute approximate surface area is 113 Å². The lowest BCUT2D eigenvalue weighted by Crippen LogP contribution is -2.29. The normalized spacial score (nSPS) is 10.0. The Morgan fingerprint density at radius 2 is 1.89 bits per heavy atom. The molecular weight excluding hydrogens is 270 g/mol. The zero-order valence-electron chi connectivity index (χ0n) is 9.94. The van der Waals surface area contributed by atoms with E-state index in [1.165, 1.54) is 6.07 Å². The summed E-state index contributed by atoms with van der Waals surface area (Å²) in [5.41, 5.74) is 0.362. The van der Waals surface area contributed by atoms with Crippen LogP contribution in [0.4, 0.5) is 11.5 Å². The van der Waals surface area contributed by atoms with Crippen molar-refractivity contribution in [2.45, 2.75) is 6.92 Å². The molecule has 0 saturated heterocycles. The van der Waals surface area contributed by atoms with E-state index in [4.69, 9.17) is 16.1 Å². The van der Waals surface area contributed by atoms with Crippen LogP contribution >= 0.6 is 11.6 Å². The first-order chi connectivity index (χ1) is 9.06. The lowest BCUT2D eigenvalue weighted by molar-refractivity contribution is -0.133. The van der Waals surface area contributed by atoms with E-state index in [0.29, 0.717) is 16.5 Å². The van der Waals surface area contributed by atoms with E-state index >= 15 is 0 Å². The minimum Gasteiger partial charge on any atom is -0.360 e. The molecule has 1 aromatic carbocycles. The Morgan fingerprint density at radius 3 is 2.53 bits per heavy atom. The second-order valence-corrected chi connectivity index (χ2v) is 4.12. The molecular formula is C12H10ClN3O3. The van der Waals surface area contributed by atoms with E-state index < -0.39 is 11.8 Å². The van der Waals surface area contributed by atoms with Crippen LogP contribution in [-0.4, -0.2) is 17.0 Å². The molecule has 0 spiro atoms. The minimum absolute atomic E-state index is 0.178. The van der Waals surface area contributed by atoms with E-state index in [2.05, 4.69) is 15.8 Å². The monoisotopic (exact) mass is 279 g/mol.